The first kappa shape index (κ1) is 17.5. The van der Waals surface area contributed by atoms with Crippen molar-refractivity contribution in [3.63, 3.8) is 0 Å². The maximum atomic E-state index is 12.5. The number of benzene rings is 1. The van der Waals surface area contributed by atoms with Crippen LogP contribution in [0.3, 0.4) is 0 Å². The summed E-state index contributed by atoms with van der Waals surface area (Å²) >= 11 is 5.72. The lowest BCUT2D eigenvalue weighted by Crippen LogP contribution is -2.18. The van der Waals surface area contributed by atoms with E-state index in [-0.39, 0.29) is 21.5 Å². The van der Waals surface area contributed by atoms with E-state index in [1.165, 1.54) is 31.3 Å². The Morgan fingerprint density at radius 1 is 1.22 bits per heavy atom. The summed E-state index contributed by atoms with van der Waals surface area (Å²) in [6, 6.07) is 5.92. The van der Waals surface area contributed by atoms with E-state index < -0.39 is 21.8 Å². The number of sulfonamides is 1. The van der Waals surface area contributed by atoms with Crippen molar-refractivity contribution < 1.29 is 26.3 Å². The quantitative estimate of drug-likeness (QED) is 0.899. The molecule has 0 bridgehead atoms. The smallest absolute Gasteiger partial charge is 0.417 e. The molecule has 0 radical (unpaired) electrons. The third-order valence-electron chi connectivity index (χ3n) is 2.75. The predicted molar refractivity (Wildman–Crippen MR) is 77.0 cm³/mol. The number of ether oxygens (including phenoxy) is 1. The van der Waals surface area contributed by atoms with E-state index in [0.717, 1.165) is 0 Å². The van der Waals surface area contributed by atoms with Crippen molar-refractivity contribution in [1.29, 1.82) is 0 Å². The molecule has 0 atom stereocenters. The lowest BCUT2D eigenvalue weighted by molar-refractivity contribution is -0.137. The second kappa shape index (κ2) is 6.34. The molecule has 0 aliphatic heterocycles. The van der Waals surface area contributed by atoms with Crippen LogP contribution in [0, 0.1) is 0 Å². The average Bonchev–Trinajstić information content (AvgIpc) is 2.49. The summed E-state index contributed by atoms with van der Waals surface area (Å²) in [5.74, 6) is -0.0434. The van der Waals surface area contributed by atoms with Gasteiger partial charge in [0.15, 0.2) is 0 Å². The van der Waals surface area contributed by atoms with Gasteiger partial charge >= 0.3 is 6.18 Å². The van der Waals surface area contributed by atoms with Gasteiger partial charge in [-0.15, -0.1) is 0 Å². The number of aromatic nitrogens is 1. The molecule has 1 N–H and O–H groups in total. The van der Waals surface area contributed by atoms with Crippen LogP contribution in [0.15, 0.2) is 41.4 Å². The third-order valence-corrected chi connectivity index (χ3v) is 4.45. The number of hydrogen-bond acceptors (Lipinski definition) is 4. The molecule has 0 aliphatic rings. The number of alkyl halides is 3. The number of pyridine rings is 1. The summed E-state index contributed by atoms with van der Waals surface area (Å²) in [7, 11) is -2.32. The van der Waals surface area contributed by atoms with E-state index >= 15 is 0 Å². The molecule has 1 aromatic carbocycles. The highest BCUT2D eigenvalue weighted by atomic mass is 35.5. The molecule has 2 aromatic rings. The lowest BCUT2D eigenvalue weighted by Gasteiger charge is -2.10. The fourth-order valence-electron chi connectivity index (χ4n) is 1.57. The van der Waals surface area contributed by atoms with Crippen LogP contribution in [0.1, 0.15) is 5.56 Å². The average molecular weight is 367 g/mol. The Kier molecular flexibility index (Phi) is 4.83. The van der Waals surface area contributed by atoms with E-state index in [4.69, 9.17) is 16.3 Å². The molecular weight excluding hydrogens is 357 g/mol. The topological polar surface area (TPSA) is 68.3 Å². The van der Waals surface area contributed by atoms with E-state index in [1.807, 2.05) is 0 Å². The first-order valence-electron chi connectivity index (χ1n) is 6.07. The van der Waals surface area contributed by atoms with Crippen LogP contribution in [0.5, 0.6) is 11.6 Å². The number of halogens is 4. The fourth-order valence-corrected chi connectivity index (χ4v) is 2.51. The lowest BCUT2D eigenvalue weighted by atomic mass is 10.3. The number of nitrogens with zero attached hydrogens (tertiary/aromatic N) is 1. The van der Waals surface area contributed by atoms with Gasteiger partial charge in [-0.25, -0.2) is 18.1 Å². The van der Waals surface area contributed by atoms with Gasteiger partial charge in [0.2, 0.25) is 15.9 Å². The molecule has 0 saturated heterocycles. The van der Waals surface area contributed by atoms with Crippen LogP contribution >= 0.6 is 11.6 Å². The molecule has 124 valence electrons. The Morgan fingerprint density at radius 3 is 2.30 bits per heavy atom. The molecule has 5 nitrogen and oxygen atoms in total. The van der Waals surface area contributed by atoms with Gasteiger partial charge in [0.1, 0.15) is 10.8 Å². The summed E-state index contributed by atoms with van der Waals surface area (Å²) in [6.45, 7) is 0. The first-order chi connectivity index (χ1) is 10.6. The van der Waals surface area contributed by atoms with Crippen LogP contribution in [-0.4, -0.2) is 20.4 Å². The van der Waals surface area contributed by atoms with Gasteiger partial charge in [0, 0.05) is 6.20 Å². The first-order valence-corrected chi connectivity index (χ1v) is 7.94. The number of rotatable bonds is 4. The minimum atomic E-state index is -4.56. The number of nitrogens with one attached hydrogen (secondary N) is 1. The molecule has 10 heteroatoms. The van der Waals surface area contributed by atoms with Gasteiger partial charge < -0.3 is 4.74 Å². The Bertz CT molecular complexity index is 808. The van der Waals surface area contributed by atoms with Crippen molar-refractivity contribution in [2.75, 3.05) is 7.05 Å². The Labute approximate surface area is 135 Å². The molecule has 0 saturated carbocycles. The highest BCUT2D eigenvalue weighted by Gasteiger charge is 2.31. The monoisotopic (exact) mass is 366 g/mol. The molecular formula is C13H10ClF3N2O3S. The second-order valence-electron chi connectivity index (χ2n) is 4.29. The van der Waals surface area contributed by atoms with E-state index in [2.05, 4.69) is 9.71 Å². The van der Waals surface area contributed by atoms with Crippen molar-refractivity contribution in [3.05, 3.63) is 47.1 Å². The minimum absolute atomic E-state index is 0.0128. The van der Waals surface area contributed by atoms with Crippen LogP contribution in [0.25, 0.3) is 0 Å². The van der Waals surface area contributed by atoms with Crippen molar-refractivity contribution in [1.82, 2.24) is 9.71 Å². The highest BCUT2D eigenvalue weighted by molar-refractivity contribution is 7.89. The molecule has 0 amide bonds. The van der Waals surface area contributed by atoms with Gasteiger partial charge in [-0.1, -0.05) is 11.6 Å². The van der Waals surface area contributed by atoms with Gasteiger partial charge in [0.25, 0.3) is 0 Å². The zero-order chi connectivity index (χ0) is 17.3. The Hall–Kier alpha value is -1.84. The molecule has 0 aliphatic carbocycles. The normalized spacial score (nSPS) is 12.2. The molecule has 1 aromatic heterocycles. The van der Waals surface area contributed by atoms with Crippen LogP contribution in [0.4, 0.5) is 13.2 Å². The standard InChI is InChI=1S/C13H10ClF3N2O3S/c1-18-23(20,21)10-4-2-9(3-5-10)22-12-11(14)6-8(7-19-12)13(15,16)17/h2-7,18H,1H3. The van der Waals surface area contributed by atoms with E-state index in [1.54, 1.807) is 0 Å². The second-order valence-corrected chi connectivity index (χ2v) is 6.58. The van der Waals surface area contributed by atoms with Crippen LogP contribution in [0.2, 0.25) is 5.02 Å². The van der Waals surface area contributed by atoms with Crippen LogP contribution < -0.4 is 9.46 Å². The molecule has 1 heterocycles. The predicted octanol–water partition coefficient (Wildman–Crippen LogP) is 3.45. The van der Waals surface area contributed by atoms with Crippen LogP contribution in [-0.2, 0) is 16.2 Å². The zero-order valence-electron chi connectivity index (χ0n) is 11.6. The van der Waals surface area contributed by atoms with Crippen molar-refractivity contribution in [2.45, 2.75) is 11.1 Å². The molecule has 23 heavy (non-hydrogen) atoms. The van der Waals surface area contributed by atoms with Crippen molar-refractivity contribution >= 4 is 21.6 Å². The molecule has 2 rings (SSSR count). The SMILES string of the molecule is CNS(=O)(=O)c1ccc(Oc2ncc(C(F)(F)F)cc2Cl)cc1. The highest BCUT2D eigenvalue weighted by Crippen LogP contribution is 2.34. The summed E-state index contributed by atoms with van der Waals surface area (Å²) in [4.78, 5) is 3.54. The van der Waals surface area contributed by atoms with Gasteiger partial charge in [-0.2, -0.15) is 13.2 Å². The van der Waals surface area contributed by atoms with Gasteiger partial charge in [0.05, 0.1) is 10.5 Å². The summed E-state index contributed by atoms with van der Waals surface area (Å²) in [5.41, 5.74) is -0.995. The zero-order valence-corrected chi connectivity index (χ0v) is 13.1. The summed E-state index contributed by atoms with van der Waals surface area (Å²) in [5, 5.41) is -0.313. The van der Waals surface area contributed by atoms with Gasteiger partial charge in [-0.05, 0) is 37.4 Å². The molecule has 0 unspecified atom stereocenters. The third kappa shape index (κ3) is 4.12. The minimum Gasteiger partial charge on any atom is -0.438 e. The summed E-state index contributed by atoms with van der Waals surface area (Å²) < 4.78 is 68.1. The largest absolute Gasteiger partial charge is 0.438 e. The Balaban J connectivity index is 2.23. The van der Waals surface area contributed by atoms with E-state index in [0.29, 0.717) is 12.3 Å². The molecule has 0 spiro atoms. The number of hydrogen-bond donors (Lipinski definition) is 1. The van der Waals surface area contributed by atoms with E-state index in [9.17, 15) is 21.6 Å². The molecule has 0 fully saturated rings. The fraction of sp³-hybridized carbons (Fsp3) is 0.154. The van der Waals surface area contributed by atoms with Crippen molar-refractivity contribution in [3.8, 4) is 11.6 Å². The maximum Gasteiger partial charge on any atom is 0.417 e. The maximum absolute atomic E-state index is 12.5. The Morgan fingerprint density at radius 2 is 1.83 bits per heavy atom. The van der Waals surface area contributed by atoms with Gasteiger partial charge in [-0.3, -0.25) is 0 Å². The summed E-state index contributed by atoms with van der Waals surface area (Å²) in [6.07, 6.45) is -3.96. The van der Waals surface area contributed by atoms with Crippen molar-refractivity contribution in [2.24, 2.45) is 0 Å².